The summed E-state index contributed by atoms with van der Waals surface area (Å²) in [5.41, 5.74) is 2.17. The van der Waals surface area contributed by atoms with Crippen molar-refractivity contribution in [1.29, 1.82) is 0 Å². The summed E-state index contributed by atoms with van der Waals surface area (Å²) >= 11 is 0. The standard InChI is InChI=1S/C22H23NO4/c1-26-19-12-18(24)16(13-23-10-6-3-7-11-23)22-20(19)21(25)17(14-27-22)15-8-4-2-5-9-15/h2,4-5,8-9,12,14,24H,3,6-7,10-11,13H2,1H3. The molecule has 1 saturated heterocycles. The highest BCUT2D eigenvalue weighted by Gasteiger charge is 2.22. The minimum atomic E-state index is -0.154. The smallest absolute Gasteiger partial charge is 0.204 e. The van der Waals surface area contributed by atoms with Crippen LogP contribution in [-0.4, -0.2) is 30.2 Å². The summed E-state index contributed by atoms with van der Waals surface area (Å²) in [4.78, 5) is 15.5. The number of phenols is 1. The molecule has 0 aliphatic carbocycles. The van der Waals surface area contributed by atoms with Crippen LogP contribution in [0.15, 0.2) is 51.9 Å². The average Bonchev–Trinajstić information content (AvgIpc) is 2.71. The van der Waals surface area contributed by atoms with Crippen LogP contribution in [0.2, 0.25) is 0 Å². The van der Waals surface area contributed by atoms with Gasteiger partial charge in [-0.25, -0.2) is 0 Å². The van der Waals surface area contributed by atoms with Gasteiger partial charge in [-0.1, -0.05) is 36.8 Å². The highest BCUT2D eigenvalue weighted by molar-refractivity contribution is 5.91. The summed E-state index contributed by atoms with van der Waals surface area (Å²) < 4.78 is 11.3. The van der Waals surface area contributed by atoms with Crippen molar-refractivity contribution in [1.82, 2.24) is 4.90 Å². The molecule has 0 radical (unpaired) electrons. The first-order chi connectivity index (χ1) is 13.2. The molecule has 4 rings (SSSR count). The lowest BCUT2D eigenvalue weighted by molar-refractivity contribution is 0.218. The number of likely N-dealkylation sites (tertiary alicyclic amines) is 1. The first-order valence-corrected chi connectivity index (χ1v) is 9.31. The predicted octanol–water partition coefficient (Wildman–Crippen LogP) is 4.16. The normalized spacial score (nSPS) is 15.1. The lowest BCUT2D eigenvalue weighted by Gasteiger charge is -2.27. The average molecular weight is 365 g/mol. The molecule has 0 unspecified atom stereocenters. The molecule has 0 atom stereocenters. The second-order valence-corrected chi connectivity index (χ2v) is 6.96. The van der Waals surface area contributed by atoms with Crippen molar-refractivity contribution >= 4 is 11.0 Å². The summed E-state index contributed by atoms with van der Waals surface area (Å²) in [7, 11) is 1.49. The number of aromatic hydroxyl groups is 1. The molecule has 0 spiro atoms. The number of methoxy groups -OCH3 is 1. The van der Waals surface area contributed by atoms with Crippen molar-refractivity contribution < 1.29 is 14.3 Å². The van der Waals surface area contributed by atoms with Crippen molar-refractivity contribution in [2.24, 2.45) is 0 Å². The molecule has 1 aliphatic heterocycles. The zero-order valence-corrected chi connectivity index (χ0v) is 15.4. The second kappa shape index (κ2) is 7.45. The number of benzene rings is 2. The van der Waals surface area contributed by atoms with Gasteiger partial charge in [-0.15, -0.1) is 0 Å². The minimum absolute atomic E-state index is 0.0977. The van der Waals surface area contributed by atoms with Gasteiger partial charge in [0.15, 0.2) is 0 Å². The Balaban J connectivity index is 1.89. The Morgan fingerprint density at radius 1 is 1.15 bits per heavy atom. The van der Waals surface area contributed by atoms with Crippen LogP contribution in [0.5, 0.6) is 11.5 Å². The number of hydrogen-bond donors (Lipinski definition) is 1. The van der Waals surface area contributed by atoms with Crippen molar-refractivity contribution in [2.75, 3.05) is 20.2 Å². The van der Waals surface area contributed by atoms with Crippen molar-refractivity contribution in [3.8, 4) is 22.6 Å². The number of rotatable bonds is 4. The first kappa shape index (κ1) is 17.6. The molecule has 1 N–H and O–H groups in total. The Bertz CT molecular complexity index is 1000. The molecule has 1 fully saturated rings. The van der Waals surface area contributed by atoms with Crippen LogP contribution in [0, 0.1) is 0 Å². The van der Waals surface area contributed by atoms with Gasteiger partial charge in [0.25, 0.3) is 0 Å². The molecule has 27 heavy (non-hydrogen) atoms. The molecule has 0 saturated carbocycles. The molecular weight excluding hydrogens is 342 g/mol. The van der Waals surface area contributed by atoms with Crippen LogP contribution >= 0.6 is 0 Å². The van der Waals surface area contributed by atoms with E-state index in [0.29, 0.717) is 34.4 Å². The fourth-order valence-corrected chi connectivity index (χ4v) is 3.79. The van der Waals surface area contributed by atoms with Crippen LogP contribution in [0.4, 0.5) is 0 Å². The summed E-state index contributed by atoms with van der Waals surface area (Å²) in [5, 5.41) is 10.9. The second-order valence-electron chi connectivity index (χ2n) is 6.96. The van der Waals surface area contributed by atoms with Crippen LogP contribution in [0.25, 0.3) is 22.1 Å². The van der Waals surface area contributed by atoms with Gasteiger partial charge in [0.2, 0.25) is 5.43 Å². The van der Waals surface area contributed by atoms with Gasteiger partial charge in [-0.2, -0.15) is 0 Å². The molecular formula is C22H23NO4. The monoisotopic (exact) mass is 365 g/mol. The molecule has 2 heterocycles. The van der Waals surface area contributed by atoms with Crippen molar-refractivity contribution in [2.45, 2.75) is 25.8 Å². The predicted molar refractivity (Wildman–Crippen MR) is 105 cm³/mol. The number of phenolic OH excluding ortho intramolecular Hbond substituents is 1. The molecule has 5 heteroatoms. The third kappa shape index (κ3) is 3.30. The third-order valence-electron chi connectivity index (χ3n) is 5.23. The van der Waals surface area contributed by atoms with Crippen LogP contribution in [0.1, 0.15) is 24.8 Å². The Morgan fingerprint density at radius 3 is 2.59 bits per heavy atom. The van der Waals surface area contributed by atoms with Crippen LogP contribution in [-0.2, 0) is 6.54 Å². The molecule has 140 valence electrons. The zero-order chi connectivity index (χ0) is 18.8. The molecule has 5 nitrogen and oxygen atoms in total. The van der Waals surface area contributed by atoms with Gasteiger partial charge >= 0.3 is 0 Å². The molecule has 0 bridgehead atoms. The first-order valence-electron chi connectivity index (χ1n) is 9.31. The topological polar surface area (TPSA) is 62.9 Å². The van der Waals surface area contributed by atoms with E-state index in [-0.39, 0.29) is 11.2 Å². The summed E-state index contributed by atoms with van der Waals surface area (Å²) in [6, 6.07) is 10.9. The minimum Gasteiger partial charge on any atom is -0.507 e. The SMILES string of the molecule is COc1cc(O)c(CN2CCCCC2)c2occ(-c3ccccc3)c(=O)c12. The van der Waals surface area contributed by atoms with E-state index in [1.54, 1.807) is 0 Å². The van der Waals surface area contributed by atoms with E-state index in [2.05, 4.69) is 4.90 Å². The van der Waals surface area contributed by atoms with Crippen molar-refractivity contribution in [3.05, 3.63) is 58.4 Å². The Hall–Kier alpha value is -2.79. The van der Waals surface area contributed by atoms with Gasteiger partial charge in [-0.3, -0.25) is 9.69 Å². The molecule has 0 amide bonds. The highest BCUT2D eigenvalue weighted by Crippen LogP contribution is 2.36. The van der Waals surface area contributed by atoms with Crippen LogP contribution in [0.3, 0.4) is 0 Å². The molecule has 1 aliphatic rings. The molecule has 2 aromatic carbocycles. The molecule has 1 aromatic heterocycles. The Morgan fingerprint density at radius 2 is 1.89 bits per heavy atom. The van der Waals surface area contributed by atoms with Gasteiger partial charge in [0.05, 0.1) is 18.2 Å². The number of hydrogen-bond acceptors (Lipinski definition) is 5. The lowest BCUT2D eigenvalue weighted by Crippen LogP contribution is -2.29. The van der Waals surface area contributed by atoms with Gasteiger partial charge in [-0.05, 0) is 31.5 Å². The third-order valence-corrected chi connectivity index (χ3v) is 5.23. The number of ether oxygens (including phenoxy) is 1. The van der Waals surface area contributed by atoms with E-state index in [9.17, 15) is 9.90 Å². The maximum atomic E-state index is 13.2. The van der Waals surface area contributed by atoms with E-state index in [1.807, 2.05) is 30.3 Å². The van der Waals surface area contributed by atoms with Gasteiger partial charge < -0.3 is 14.3 Å². The number of nitrogens with zero attached hydrogens (tertiary/aromatic N) is 1. The fourth-order valence-electron chi connectivity index (χ4n) is 3.79. The highest BCUT2D eigenvalue weighted by atomic mass is 16.5. The zero-order valence-electron chi connectivity index (χ0n) is 15.4. The quantitative estimate of drug-likeness (QED) is 0.752. The maximum Gasteiger partial charge on any atom is 0.204 e. The van der Waals surface area contributed by atoms with E-state index < -0.39 is 0 Å². The van der Waals surface area contributed by atoms with Gasteiger partial charge in [0, 0.05) is 12.6 Å². The Labute approximate surface area is 157 Å². The van der Waals surface area contributed by atoms with E-state index in [4.69, 9.17) is 9.15 Å². The number of fused-ring (bicyclic) bond motifs is 1. The summed E-state index contributed by atoms with van der Waals surface area (Å²) in [6.07, 6.45) is 5.02. The summed E-state index contributed by atoms with van der Waals surface area (Å²) in [6.45, 7) is 2.53. The fraction of sp³-hybridized carbons (Fsp3) is 0.318. The largest absolute Gasteiger partial charge is 0.507 e. The Kier molecular flexibility index (Phi) is 4.86. The molecule has 3 aromatic rings. The lowest BCUT2D eigenvalue weighted by atomic mass is 10.0. The van der Waals surface area contributed by atoms with E-state index in [0.717, 1.165) is 31.5 Å². The number of piperidine rings is 1. The maximum absolute atomic E-state index is 13.2. The van der Waals surface area contributed by atoms with Crippen molar-refractivity contribution in [3.63, 3.8) is 0 Å². The van der Waals surface area contributed by atoms with Crippen LogP contribution < -0.4 is 10.2 Å². The van der Waals surface area contributed by atoms with E-state index in [1.165, 1.54) is 25.9 Å². The van der Waals surface area contributed by atoms with E-state index >= 15 is 0 Å². The van der Waals surface area contributed by atoms with Gasteiger partial charge in [0.1, 0.15) is 28.7 Å². The summed E-state index contributed by atoms with van der Waals surface area (Å²) in [5.74, 6) is 0.428.